The number of thiophene rings is 1. The molecular weight excluding hydrogens is 601 g/mol. The summed E-state index contributed by atoms with van der Waals surface area (Å²) in [5, 5.41) is 3.38. The van der Waals surface area contributed by atoms with E-state index in [1.807, 2.05) is 66.7 Å². The predicted octanol–water partition coefficient (Wildman–Crippen LogP) is 11.2. The van der Waals surface area contributed by atoms with Crippen LogP contribution >= 0.6 is 22.7 Å². The molecule has 0 amide bonds. The average molecular weight is 625 g/mol. The molecule has 0 bridgehead atoms. The molecule has 0 N–H and O–H groups in total. The van der Waals surface area contributed by atoms with Crippen LogP contribution in [0.15, 0.2) is 146 Å². The lowest BCUT2D eigenvalue weighted by atomic mass is 10.0. The number of hydrogen-bond donors (Lipinski definition) is 0. The van der Waals surface area contributed by atoms with Gasteiger partial charge in [0.15, 0.2) is 17.5 Å². The summed E-state index contributed by atoms with van der Waals surface area (Å²) in [6.45, 7) is 0. The zero-order chi connectivity index (χ0) is 30.5. The summed E-state index contributed by atoms with van der Waals surface area (Å²) in [6.07, 6.45) is 0. The Morgan fingerprint density at radius 1 is 0.370 bits per heavy atom. The zero-order valence-corrected chi connectivity index (χ0v) is 26.1. The van der Waals surface area contributed by atoms with Crippen molar-refractivity contribution in [3.05, 3.63) is 146 Å². The van der Waals surface area contributed by atoms with Crippen molar-refractivity contribution in [2.45, 2.75) is 0 Å². The van der Waals surface area contributed by atoms with E-state index in [-0.39, 0.29) is 0 Å². The Kier molecular flexibility index (Phi) is 6.47. The Balaban J connectivity index is 1.18. The Morgan fingerprint density at radius 2 is 0.935 bits per heavy atom. The first kappa shape index (κ1) is 26.8. The third-order valence-electron chi connectivity index (χ3n) is 8.18. The molecule has 46 heavy (non-hydrogen) atoms. The summed E-state index contributed by atoms with van der Waals surface area (Å²) in [6, 6.07) is 50.3. The van der Waals surface area contributed by atoms with Gasteiger partial charge in [-0.15, -0.1) is 22.7 Å². The summed E-state index contributed by atoms with van der Waals surface area (Å²) in [4.78, 5) is 20.1. The van der Waals surface area contributed by atoms with E-state index < -0.39 is 0 Å². The number of hydrogen-bond acceptors (Lipinski definition) is 6. The maximum atomic E-state index is 5.07. The first-order valence-corrected chi connectivity index (χ1v) is 16.7. The summed E-state index contributed by atoms with van der Waals surface area (Å²) in [5.41, 5.74) is 7.48. The minimum atomic E-state index is 0.661. The van der Waals surface area contributed by atoms with Crippen molar-refractivity contribution in [2.75, 3.05) is 0 Å². The van der Waals surface area contributed by atoms with Gasteiger partial charge in [-0.1, -0.05) is 127 Å². The van der Waals surface area contributed by atoms with Gasteiger partial charge in [-0.3, -0.25) is 0 Å². The van der Waals surface area contributed by atoms with Gasteiger partial charge in [0.05, 0.1) is 10.2 Å². The fourth-order valence-electron chi connectivity index (χ4n) is 5.92. The van der Waals surface area contributed by atoms with Crippen LogP contribution in [0.1, 0.15) is 0 Å². The summed E-state index contributed by atoms with van der Waals surface area (Å²) in [5.74, 6) is 1.99. The van der Waals surface area contributed by atoms with Gasteiger partial charge in [0, 0.05) is 42.4 Å². The van der Waals surface area contributed by atoms with E-state index in [4.69, 9.17) is 19.9 Å². The van der Waals surface area contributed by atoms with E-state index in [1.54, 1.807) is 22.7 Å². The molecule has 9 aromatic rings. The Bertz CT molecular complexity index is 2450. The van der Waals surface area contributed by atoms with Gasteiger partial charge >= 0.3 is 0 Å². The molecule has 6 aromatic carbocycles. The highest BCUT2D eigenvalue weighted by molar-refractivity contribution is 7.26. The molecule has 0 aliphatic carbocycles. The minimum Gasteiger partial charge on any atom is -0.236 e. The van der Waals surface area contributed by atoms with Crippen LogP contribution in [-0.2, 0) is 0 Å². The van der Waals surface area contributed by atoms with Gasteiger partial charge in [0.2, 0.25) is 0 Å². The van der Waals surface area contributed by atoms with E-state index >= 15 is 0 Å². The molecule has 9 rings (SSSR count). The molecule has 0 spiro atoms. The van der Waals surface area contributed by atoms with Crippen molar-refractivity contribution in [1.29, 1.82) is 0 Å². The fourth-order valence-corrected chi connectivity index (χ4v) is 8.06. The third kappa shape index (κ3) is 4.76. The molecule has 3 heterocycles. The standard InChI is InChI=1S/C40H24N4S2/c1-4-11-25(12-5-1)26-19-21-29(22-20-26)40-41-32-24-34-31(23-35(32)46-40)36-30(17-10-18-33(36)45-34)39-43-37(27-13-6-2-7-14-27)42-38(44-39)28-15-8-3-9-16-28/h1-24H. The van der Waals surface area contributed by atoms with Crippen LogP contribution < -0.4 is 0 Å². The Labute approximate surface area is 273 Å². The predicted molar refractivity (Wildman–Crippen MR) is 193 cm³/mol. The Morgan fingerprint density at radius 3 is 1.59 bits per heavy atom. The number of benzene rings is 6. The van der Waals surface area contributed by atoms with Gasteiger partial charge < -0.3 is 0 Å². The number of thiazole rings is 1. The summed E-state index contributed by atoms with van der Waals surface area (Å²) in [7, 11) is 0. The molecule has 0 saturated heterocycles. The highest BCUT2D eigenvalue weighted by atomic mass is 32.1. The van der Waals surface area contributed by atoms with Crippen LogP contribution in [0.25, 0.3) is 86.3 Å². The molecule has 4 nitrogen and oxygen atoms in total. The quantitative estimate of drug-likeness (QED) is 0.191. The maximum Gasteiger partial charge on any atom is 0.164 e. The SMILES string of the molecule is c1ccc(-c2ccc(-c3nc4cc5sc6cccc(-c7nc(-c8ccccc8)nc(-c8ccccc8)n7)c6c5cc4s3)cc2)cc1. The number of nitrogens with zero attached hydrogens (tertiary/aromatic N) is 4. The van der Waals surface area contributed by atoms with Crippen LogP contribution in [0.5, 0.6) is 0 Å². The molecule has 0 saturated carbocycles. The first-order valence-electron chi connectivity index (χ1n) is 15.1. The second-order valence-corrected chi connectivity index (χ2v) is 13.2. The van der Waals surface area contributed by atoms with Crippen molar-refractivity contribution >= 4 is 53.1 Å². The summed E-state index contributed by atoms with van der Waals surface area (Å²) >= 11 is 3.52. The molecule has 0 fully saturated rings. The molecule has 0 unspecified atom stereocenters. The molecule has 0 aliphatic rings. The zero-order valence-electron chi connectivity index (χ0n) is 24.5. The van der Waals surface area contributed by atoms with Gasteiger partial charge in [0.1, 0.15) is 5.01 Å². The monoisotopic (exact) mass is 624 g/mol. The number of rotatable bonds is 5. The van der Waals surface area contributed by atoms with E-state index in [2.05, 4.69) is 78.9 Å². The van der Waals surface area contributed by atoms with Crippen molar-refractivity contribution in [1.82, 2.24) is 19.9 Å². The highest BCUT2D eigenvalue weighted by Crippen LogP contribution is 2.43. The van der Waals surface area contributed by atoms with Gasteiger partial charge in [-0.2, -0.15) is 0 Å². The van der Waals surface area contributed by atoms with Crippen molar-refractivity contribution in [2.24, 2.45) is 0 Å². The lowest BCUT2D eigenvalue weighted by molar-refractivity contribution is 1.08. The highest BCUT2D eigenvalue weighted by Gasteiger charge is 2.18. The topological polar surface area (TPSA) is 51.6 Å². The lowest BCUT2D eigenvalue weighted by Gasteiger charge is -2.09. The van der Waals surface area contributed by atoms with Crippen LogP contribution in [0, 0.1) is 0 Å². The van der Waals surface area contributed by atoms with Crippen molar-refractivity contribution < 1.29 is 0 Å². The van der Waals surface area contributed by atoms with Crippen LogP contribution in [0.2, 0.25) is 0 Å². The van der Waals surface area contributed by atoms with Crippen molar-refractivity contribution in [3.63, 3.8) is 0 Å². The Hall–Kier alpha value is -5.56. The van der Waals surface area contributed by atoms with E-state index in [0.29, 0.717) is 17.5 Å². The molecular formula is C40H24N4S2. The minimum absolute atomic E-state index is 0.661. The second kappa shape index (κ2) is 11.1. The molecule has 3 aromatic heterocycles. The third-order valence-corrected chi connectivity index (χ3v) is 10.4. The van der Waals surface area contributed by atoms with Gasteiger partial charge in [0.25, 0.3) is 0 Å². The molecule has 0 aliphatic heterocycles. The van der Waals surface area contributed by atoms with E-state index in [9.17, 15) is 0 Å². The van der Waals surface area contributed by atoms with Crippen LogP contribution in [-0.4, -0.2) is 19.9 Å². The number of aromatic nitrogens is 4. The maximum absolute atomic E-state index is 5.07. The lowest BCUT2D eigenvalue weighted by Crippen LogP contribution is -2.00. The molecule has 0 atom stereocenters. The van der Waals surface area contributed by atoms with Crippen LogP contribution in [0.3, 0.4) is 0 Å². The van der Waals surface area contributed by atoms with Gasteiger partial charge in [-0.25, -0.2) is 19.9 Å². The number of fused-ring (bicyclic) bond motifs is 4. The molecule has 6 heteroatoms. The van der Waals surface area contributed by atoms with Crippen molar-refractivity contribution in [3.8, 4) is 55.9 Å². The molecule has 0 radical (unpaired) electrons. The largest absolute Gasteiger partial charge is 0.236 e. The second-order valence-electron chi connectivity index (χ2n) is 11.1. The first-order chi connectivity index (χ1) is 22.8. The van der Waals surface area contributed by atoms with Gasteiger partial charge in [-0.05, 0) is 29.3 Å². The smallest absolute Gasteiger partial charge is 0.164 e. The van der Waals surface area contributed by atoms with Crippen LogP contribution in [0.4, 0.5) is 0 Å². The van der Waals surface area contributed by atoms with E-state index in [1.165, 1.54) is 25.9 Å². The van der Waals surface area contributed by atoms with E-state index in [0.717, 1.165) is 42.9 Å². The summed E-state index contributed by atoms with van der Waals surface area (Å²) < 4.78 is 3.56. The molecule has 216 valence electrons. The fraction of sp³-hybridized carbons (Fsp3) is 0. The normalized spacial score (nSPS) is 11.5. The average Bonchev–Trinajstić information content (AvgIpc) is 3.72.